The van der Waals surface area contributed by atoms with Crippen LogP contribution in [0.4, 0.5) is 13.2 Å². The van der Waals surface area contributed by atoms with Crippen LogP contribution < -0.4 is 5.32 Å². The van der Waals surface area contributed by atoms with Crippen LogP contribution in [0.5, 0.6) is 0 Å². The van der Waals surface area contributed by atoms with Crippen LogP contribution in [-0.4, -0.2) is 13.2 Å². The van der Waals surface area contributed by atoms with Gasteiger partial charge in [-0.3, -0.25) is 0 Å². The smallest absolute Gasteiger partial charge is 0.134 e. The van der Waals surface area contributed by atoms with Gasteiger partial charge in [0.2, 0.25) is 0 Å². The SMILES string of the molecule is CCNC(C1=COCCC1)c1c(F)cc(F)cc1F. The molecule has 0 fully saturated rings. The molecular formula is C14H16F3NO. The number of benzene rings is 1. The lowest BCUT2D eigenvalue weighted by atomic mass is 9.94. The maximum absolute atomic E-state index is 13.9. The average Bonchev–Trinajstić information content (AvgIpc) is 2.37. The molecule has 1 heterocycles. The molecule has 0 saturated carbocycles. The molecule has 1 aliphatic heterocycles. The summed E-state index contributed by atoms with van der Waals surface area (Å²) in [6.07, 6.45) is 3.05. The van der Waals surface area contributed by atoms with E-state index in [4.69, 9.17) is 4.74 Å². The molecule has 1 atom stereocenters. The Labute approximate surface area is 110 Å². The Morgan fingerprint density at radius 2 is 1.95 bits per heavy atom. The fourth-order valence-electron chi connectivity index (χ4n) is 2.25. The van der Waals surface area contributed by atoms with Crippen LogP contribution in [0.25, 0.3) is 0 Å². The molecular weight excluding hydrogens is 255 g/mol. The van der Waals surface area contributed by atoms with Gasteiger partial charge in [0, 0.05) is 17.7 Å². The van der Waals surface area contributed by atoms with Gasteiger partial charge < -0.3 is 10.1 Å². The van der Waals surface area contributed by atoms with E-state index in [1.165, 1.54) is 0 Å². The summed E-state index contributed by atoms with van der Waals surface area (Å²) in [5.41, 5.74) is 0.623. The molecule has 2 nitrogen and oxygen atoms in total. The normalized spacial score (nSPS) is 16.7. The maximum Gasteiger partial charge on any atom is 0.134 e. The van der Waals surface area contributed by atoms with Crippen LogP contribution in [-0.2, 0) is 4.74 Å². The van der Waals surface area contributed by atoms with Crippen LogP contribution >= 0.6 is 0 Å². The van der Waals surface area contributed by atoms with Gasteiger partial charge in [0.25, 0.3) is 0 Å². The molecule has 0 aromatic heterocycles. The molecule has 104 valence electrons. The number of ether oxygens (including phenoxy) is 1. The third kappa shape index (κ3) is 3.10. The highest BCUT2D eigenvalue weighted by Crippen LogP contribution is 2.31. The van der Waals surface area contributed by atoms with Gasteiger partial charge in [-0.2, -0.15) is 0 Å². The van der Waals surface area contributed by atoms with Crippen molar-refractivity contribution in [2.24, 2.45) is 0 Å². The number of hydrogen-bond donors (Lipinski definition) is 1. The van der Waals surface area contributed by atoms with Crippen LogP contribution in [0.3, 0.4) is 0 Å². The van der Waals surface area contributed by atoms with Gasteiger partial charge in [0.1, 0.15) is 17.5 Å². The minimum Gasteiger partial charge on any atom is -0.501 e. The summed E-state index contributed by atoms with van der Waals surface area (Å²) in [5, 5.41) is 3.02. The Bertz CT molecular complexity index is 465. The molecule has 1 aliphatic rings. The number of hydrogen-bond acceptors (Lipinski definition) is 2. The molecule has 1 aromatic carbocycles. The van der Waals surface area contributed by atoms with Crippen molar-refractivity contribution in [2.75, 3.05) is 13.2 Å². The largest absolute Gasteiger partial charge is 0.501 e. The molecule has 1 N–H and O–H groups in total. The fraction of sp³-hybridized carbons (Fsp3) is 0.429. The number of halogens is 3. The average molecular weight is 271 g/mol. The topological polar surface area (TPSA) is 21.3 Å². The van der Waals surface area contributed by atoms with E-state index < -0.39 is 23.5 Å². The number of likely N-dealkylation sites (N-methyl/N-ethyl adjacent to an activating group) is 1. The Hall–Kier alpha value is -1.49. The summed E-state index contributed by atoms with van der Waals surface area (Å²) >= 11 is 0. The first-order valence-corrected chi connectivity index (χ1v) is 6.31. The zero-order chi connectivity index (χ0) is 13.8. The summed E-state index contributed by atoms with van der Waals surface area (Å²) in [5.74, 6) is -2.67. The molecule has 19 heavy (non-hydrogen) atoms. The van der Waals surface area contributed by atoms with Crippen LogP contribution in [0, 0.1) is 17.5 Å². The molecule has 0 bridgehead atoms. The highest BCUT2D eigenvalue weighted by molar-refractivity contribution is 5.31. The molecule has 0 spiro atoms. The van der Waals surface area contributed by atoms with Crippen molar-refractivity contribution < 1.29 is 17.9 Å². The lowest BCUT2D eigenvalue weighted by Gasteiger charge is -2.25. The van der Waals surface area contributed by atoms with Gasteiger partial charge in [-0.15, -0.1) is 0 Å². The Kier molecular flexibility index (Phi) is 4.47. The first-order valence-electron chi connectivity index (χ1n) is 6.31. The number of rotatable bonds is 4. The third-order valence-corrected chi connectivity index (χ3v) is 3.07. The van der Waals surface area contributed by atoms with E-state index in [1.807, 2.05) is 6.92 Å². The molecule has 5 heteroatoms. The Morgan fingerprint density at radius 1 is 1.26 bits per heavy atom. The van der Waals surface area contributed by atoms with E-state index in [-0.39, 0.29) is 5.56 Å². The standard InChI is InChI=1S/C14H16F3NO/c1-2-18-14(9-4-3-5-19-8-9)13-11(16)6-10(15)7-12(13)17/h6-8,14,18H,2-5H2,1H3. The summed E-state index contributed by atoms with van der Waals surface area (Å²) in [6, 6.07) is 0.783. The summed E-state index contributed by atoms with van der Waals surface area (Å²) in [7, 11) is 0. The van der Waals surface area contributed by atoms with Gasteiger partial charge in [-0.05, 0) is 25.0 Å². The van der Waals surface area contributed by atoms with E-state index in [9.17, 15) is 13.2 Å². The zero-order valence-corrected chi connectivity index (χ0v) is 10.7. The third-order valence-electron chi connectivity index (χ3n) is 3.07. The maximum atomic E-state index is 13.9. The van der Waals surface area contributed by atoms with E-state index >= 15 is 0 Å². The van der Waals surface area contributed by atoms with Crippen molar-refractivity contribution in [3.63, 3.8) is 0 Å². The van der Waals surface area contributed by atoms with E-state index in [1.54, 1.807) is 6.26 Å². The lowest BCUT2D eigenvalue weighted by Crippen LogP contribution is -2.26. The van der Waals surface area contributed by atoms with Gasteiger partial charge in [-0.1, -0.05) is 6.92 Å². The second kappa shape index (κ2) is 6.10. The van der Waals surface area contributed by atoms with Crippen LogP contribution in [0.2, 0.25) is 0 Å². The zero-order valence-electron chi connectivity index (χ0n) is 10.7. The second-order valence-corrected chi connectivity index (χ2v) is 4.44. The number of nitrogens with one attached hydrogen (secondary N) is 1. The van der Waals surface area contributed by atoms with Gasteiger partial charge in [0.15, 0.2) is 0 Å². The van der Waals surface area contributed by atoms with Crippen molar-refractivity contribution in [3.05, 3.63) is 47.0 Å². The molecule has 1 unspecified atom stereocenters. The van der Waals surface area contributed by atoms with Gasteiger partial charge in [0.05, 0.1) is 18.9 Å². The summed E-state index contributed by atoms with van der Waals surface area (Å²) < 4.78 is 45.9. The first kappa shape index (κ1) is 13.9. The molecule has 2 rings (SSSR count). The minimum atomic E-state index is -0.914. The van der Waals surface area contributed by atoms with Crippen molar-refractivity contribution >= 4 is 0 Å². The van der Waals surface area contributed by atoms with Crippen LogP contribution in [0.15, 0.2) is 24.0 Å². The first-order chi connectivity index (χ1) is 9.13. The van der Waals surface area contributed by atoms with Gasteiger partial charge in [-0.25, -0.2) is 13.2 Å². The highest BCUT2D eigenvalue weighted by Gasteiger charge is 2.25. The van der Waals surface area contributed by atoms with Crippen molar-refractivity contribution in [1.29, 1.82) is 0 Å². The quantitative estimate of drug-likeness (QED) is 0.905. The van der Waals surface area contributed by atoms with E-state index in [2.05, 4.69) is 5.32 Å². The van der Waals surface area contributed by atoms with Crippen molar-refractivity contribution in [3.8, 4) is 0 Å². The molecule has 0 aliphatic carbocycles. The monoisotopic (exact) mass is 271 g/mol. The Balaban J connectivity index is 2.41. The molecule has 0 amide bonds. The second-order valence-electron chi connectivity index (χ2n) is 4.44. The molecule has 1 aromatic rings. The predicted molar refractivity (Wildman–Crippen MR) is 66.0 cm³/mol. The van der Waals surface area contributed by atoms with Crippen molar-refractivity contribution in [1.82, 2.24) is 5.32 Å². The highest BCUT2D eigenvalue weighted by atomic mass is 19.1. The summed E-state index contributed by atoms with van der Waals surface area (Å²) in [4.78, 5) is 0. The fourth-order valence-corrected chi connectivity index (χ4v) is 2.25. The van der Waals surface area contributed by atoms with E-state index in [0.29, 0.717) is 31.7 Å². The Morgan fingerprint density at radius 3 is 2.47 bits per heavy atom. The minimum absolute atomic E-state index is 0.153. The molecule has 0 radical (unpaired) electrons. The van der Waals surface area contributed by atoms with Gasteiger partial charge >= 0.3 is 0 Å². The lowest BCUT2D eigenvalue weighted by molar-refractivity contribution is 0.219. The van der Waals surface area contributed by atoms with E-state index in [0.717, 1.165) is 12.0 Å². The van der Waals surface area contributed by atoms with Crippen LogP contribution in [0.1, 0.15) is 31.4 Å². The molecule has 0 saturated heterocycles. The summed E-state index contributed by atoms with van der Waals surface area (Å²) in [6.45, 7) is 2.99. The predicted octanol–water partition coefficient (Wildman–Crippen LogP) is 3.45. The van der Waals surface area contributed by atoms with Crippen molar-refractivity contribution in [2.45, 2.75) is 25.8 Å².